The van der Waals surface area contributed by atoms with Crippen molar-refractivity contribution in [3.05, 3.63) is 132 Å². The molecule has 6 aromatic rings. The van der Waals surface area contributed by atoms with Crippen LogP contribution in [0.1, 0.15) is 162 Å². The van der Waals surface area contributed by atoms with Crippen molar-refractivity contribution in [3.63, 3.8) is 0 Å². The summed E-state index contributed by atoms with van der Waals surface area (Å²) >= 11 is 0.853. The fourth-order valence-corrected chi connectivity index (χ4v) is 19.1. The number of aliphatic hydroxyl groups excluding tert-OH is 1. The molecular formula is C99H137N19O19S. The van der Waals surface area contributed by atoms with E-state index in [2.05, 4.69) is 62.7 Å². The monoisotopic (exact) mass is 1930 g/mol. The molecule has 0 saturated carbocycles. The predicted octanol–water partition coefficient (Wildman–Crippen LogP) is 2.89. The van der Waals surface area contributed by atoms with Crippen molar-refractivity contribution in [1.29, 1.82) is 0 Å². The minimum absolute atomic E-state index is 0.000688. The lowest BCUT2D eigenvalue weighted by molar-refractivity contribution is -0.149. The fourth-order valence-electron chi connectivity index (χ4n) is 18.3. The van der Waals surface area contributed by atoms with Gasteiger partial charge in [-0.1, -0.05) is 141 Å². The van der Waals surface area contributed by atoms with Crippen molar-refractivity contribution in [2.24, 2.45) is 23.5 Å². The number of nitrogens with one attached hydrogen (secondary N) is 11. The molecule has 15 N–H and O–H groups in total. The van der Waals surface area contributed by atoms with Crippen LogP contribution in [0.2, 0.25) is 0 Å². The number of thioether (sulfide) groups is 1. The number of carbonyl (C=O) groups is 17. The quantitative estimate of drug-likeness (QED) is 0.0438. The summed E-state index contributed by atoms with van der Waals surface area (Å²) in [7, 11) is 4.11. The Bertz CT molecular complexity index is 5300. The van der Waals surface area contributed by atoms with Crippen LogP contribution in [0.15, 0.2) is 116 Å². The van der Waals surface area contributed by atoms with E-state index < -0.39 is 217 Å². The van der Waals surface area contributed by atoms with Crippen molar-refractivity contribution in [2.45, 2.75) is 243 Å². The van der Waals surface area contributed by atoms with Gasteiger partial charge in [0.25, 0.3) is 0 Å². The zero-order valence-electron chi connectivity index (χ0n) is 80.7. The van der Waals surface area contributed by atoms with Gasteiger partial charge in [0.05, 0.1) is 37.4 Å². The molecule has 2 aromatic heterocycles. The number of nitrogens with two attached hydrogens (primary N) is 1. The number of hydrogen-bond donors (Lipinski definition) is 14. The predicted molar refractivity (Wildman–Crippen MR) is 519 cm³/mol. The van der Waals surface area contributed by atoms with E-state index in [1.54, 1.807) is 64.0 Å². The Balaban J connectivity index is 0.985. The highest BCUT2D eigenvalue weighted by Crippen LogP contribution is 2.31. The summed E-state index contributed by atoms with van der Waals surface area (Å²) in [5.41, 5.74) is 9.78. The Morgan fingerprint density at radius 3 is 1.71 bits per heavy atom. The molecule has 138 heavy (non-hydrogen) atoms. The van der Waals surface area contributed by atoms with E-state index in [1.165, 1.54) is 67.0 Å². The minimum Gasteiger partial charge on any atom is -0.508 e. The molecule has 0 radical (unpaired) electrons. The van der Waals surface area contributed by atoms with Gasteiger partial charge >= 0.3 is 0 Å². The standard InChI is InChI=1S/C99H137N19O19S/c1-12-15-31-79-93(131)108-73(43-58(4)5)92(130)111-78(90(128)104-54-87(125)116-41-39-115(40-42-116)65-25-18-17-19-26-65)56-138-57-86(124)106-75(45-61-34-36-66(119)37-35-61)95(133)112(9)60(8)88(126)109-77(50-84(100)122)97(135)117-38-24-33-80(117)94(132)107-70(14-3)91(129)110-74(44-59(6)7)98(136)118-55-67(120)49-82(118)83(121)48-62(46-63-51-101-71-29-22-20-27-68(63)71)89(127)103-53-85(123)105-76(47-64-52-102-72-30-23-21-28-69(64)72)96(134)114(11)81(32-16-13-2)99(137)113(79)10/h17-23,25-30,34-37,51-52,58-60,62,67,70,73-82,101-102,119-120H,12-16,24,31-33,38-50,53-57H2,1-11H3,(H2,100,122)(H,103,127)(H,104,128)(H,105,123)(H,106,124)(H,107,132)(H,108,131)(H,109,126)(H,110,129)(H,111,130)/t60-,62+,67+,70-,73-,74-,75-,76?,77-,78-,79-,80-,81-,82-/m0/s1. The van der Waals surface area contributed by atoms with Crippen LogP contribution in [0.25, 0.3) is 21.8 Å². The first-order chi connectivity index (χ1) is 65.9. The molecule has 0 bridgehead atoms. The van der Waals surface area contributed by atoms with E-state index in [0.29, 0.717) is 85.0 Å². The number of primary amides is 1. The molecule has 748 valence electrons. The number of hydrogen-bond acceptors (Lipinski definition) is 21. The SMILES string of the molecule is CCCC[C@H]1C(=O)N(C)[C@@H](CCCC)C(=O)N[C@@H](CC(C)C)C(=O)N[C@H](C(=O)NCC(=O)N2CCN(c3ccccc3)CC2)CSCC(=O)N[C@@H](Cc2ccc(O)cc2)C(=O)N(C)[C@@H](C)C(=O)N[C@@H](CC(N)=O)C(=O)N2CCC[C@H]2C(=O)N[C@@H](CC)C(=O)N[C@@H](CC(C)C)C(=O)N2C[C@H](O)C[C@H]2C(=O)C[C@@H](Cc2c[nH]c3ccccc23)C(=O)NCC(=O)NC(Cc2c[nH]c3ccccc23)C(=O)N1C. The van der Waals surface area contributed by atoms with Crippen LogP contribution in [0.3, 0.4) is 0 Å². The first kappa shape index (κ1) is 107. The lowest BCUT2D eigenvalue weighted by Crippen LogP contribution is -2.60. The third kappa shape index (κ3) is 29.1. The zero-order chi connectivity index (χ0) is 100. The number of H-pyrrole nitrogens is 2. The number of amides is 16. The van der Waals surface area contributed by atoms with E-state index in [0.717, 1.165) is 32.6 Å². The number of fused-ring (bicyclic) bond motifs is 4. The lowest BCUT2D eigenvalue weighted by Gasteiger charge is -2.36. The molecule has 4 aliphatic heterocycles. The van der Waals surface area contributed by atoms with Gasteiger partial charge in [-0.3, -0.25) is 81.5 Å². The molecule has 14 atom stereocenters. The van der Waals surface area contributed by atoms with Gasteiger partial charge in [-0.15, -0.1) is 11.8 Å². The largest absolute Gasteiger partial charge is 0.508 e. The van der Waals surface area contributed by atoms with Crippen LogP contribution >= 0.6 is 11.8 Å². The first-order valence-electron chi connectivity index (χ1n) is 48.0. The number of rotatable bonds is 23. The summed E-state index contributed by atoms with van der Waals surface area (Å²) in [4.78, 5) is 268. The average Bonchev–Trinajstić information content (AvgIpc) is 1.20. The third-order valence-electron chi connectivity index (χ3n) is 26.1. The van der Waals surface area contributed by atoms with Gasteiger partial charge in [-0.25, -0.2) is 0 Å². The molecule has 39 heteroatoms. The highest BCUT2D eigenvalue weighted by atomic mass is 32.2. The number of benzene rings is 4. The number of anilines is 1. The number of carbonyl (C=O) groups excluding carboxylic acids is 17. The summed E-state index contributed by atoms with van der Waals surface area (Å²) in [5, 5.41) is 47.9. The molecule has 4 saturated heterocycles. The number of nitrogens with zero attached hydrogens (tertiary/aromatic N) is 7. The minimum atomic E-state index is -1.73. The van der Waals surface area contributed by atoms with Gasteiger partial charge < -0.3 is 108 Å². The number of aromatic amines is 2. The third-order valence-corrected chi connectivity index (χ3v) is 27.2. The molecule has 4 aromatic carbocycles. The van der Waals surface area contributed by atoms with E-state index in [-0.39, 0.29) is 107 Å². The Labute approximate surface area is 808 Å². The van der Waals surface area contributed by atoms with Gasteiger partial charge in [0.2, 0.25) is 94.5 Å². The zero-order valence-corrected chi connectivity index (χ0v) is 81.6. The number of unbranched alkanes of at least 4 members (excludes halogenated alkanes) is 2. The molecule has 4 aliphatic rings. The Morgan fingerprint density at radius 1 is 0.536 bits per heavy atom. The number of aliphatic hydroxyl groups is 1. The number of phenols is 1. The number of para-hydroxylation sites is 3. The molecule has 38 nitrogen and oxygen atoms in total. The van der Waals surface area contributed by atoms with E-state index in [4.69, 9.17) is 5.73 Å². The number of Topliss-reactive ketones (excluding diaryl/α,β-unsaturated/α-hetero) is 1. The number of ketones is 1. The summed E-state index contributed by atoms with van der Waals surface area (Å²) in [6.45, 7) is 13.8. The molecule has 10 rings (SSSR count). The van der Waals surface area contributed by atoms with Crippen molar-refractivity contribution >= 4 is 140 Å². The van der Waals surface area contributed by atoms with Crippen LogP contribution in [0, 0.1) is 17.8 Å². The number of aromatic nitrogens is 2. The second-order valence-corrected chi connectivity index (χ2v) is 38.4. The molecule has 0 spiro atoms. The number of phenolic OH excluding ortho intramolecular Hbond substituents is 1. The average molecular weight is 1930 g/mol. The van der Waals surface area contributed by atoms with Crippen LogP contribution in [-0.4, -0.2) is 313 Å². The summed E-state index contributed by atoms with van der Waals surface area (Å²) in [6, 6.07) is 13.0. The fraction of sp³-hybridized carbons (Fsp3) is 0.545. The molecule has 0 aliphatic carbocycles. The highest BCUT2D eigenvalue weighted by molar-refractivity contribution is 8.00. The number of piperazine rings is 1. The van der Waals surface area contributed by atoms with Gasteiger partial charge in [-0.2, -0.15) is 0 Å². The van der Waals surface area contributed by atoms with Crippen molar-refractivity contribution < 1.29 is 91.7 Å². The second kappa shape index (κ2) is 50.9. The maximum Gasteiger partial charge on any atom is 0.246 e. The molecule has 1 unspecified atom stereocenters. The second-order valence-electron chi connectivity index (χ2n) is 37.3. The Kier molecular flexibility index (Phi) is 39.5. The smallest absolute Gasteiger partial charge is 0.246 e. The van der Waals surface area contributed by atoms with Gasteiger partial charge in [-0.05, 0) is 123 Å². The molecule has 16 amide bonds. The van der Waals surface area contributed by atoms with Gasteiger partial charge in [0.15, 0.2) is 5.78 Å². The number of likely N-dealkylation sites (N-methyl/N-ethyl adjacent to an activating group) is 3. The van der Waals surface area contributed by atoms with E-state index in [9.17, 15) is 58.2 Å². The van der Waals surface area contributed by atoms with Crippen LogP contribution in [0.5, 0.6) is 5.75 Å². The first-order valence-corrected chi connectivity index (χ1v) is 49.1. The van der Waals surface area contributed by atoms with Crippen molar-refractivity contribution in [1.82, 2.24) is 87.2 Å². The van der Waals surface area contributed by atoms with E-state index in [1.807, 2.05) is 80.6 Å². The lowest BCUT2D eigenvalue weighted by atomic mass is 9.90. The normalized spacial score (nSPS) is 24.8. The maximum atomic E-state index is 15.7. The van der Waals surface area contributed by atoms with Gasteiger partial charge in [0, 0.05) is 138 Å². The summed E-state index contributed by atoms with van der Waals surface area (Å²) in [6.07, 6.45) is 2.34. The maximum absolute atomic E-state index is 15.7. The van der Waals surface area contributed by atoms with Crippen LogP contribution in [-0.2, 0) is 101 Å². The van der Waals surface area contributed by atoms with Crippen LogP contribution < -0.4 is 58.5 Å². The molecule has 4 fully saturated rings. The Hall–Kier alpha value is -12.9. The number of aromatic hydroxyl groups is 1. The van der Waals surface area contributed by atoms with Crippen molar-refractivity contribution in [2.75, 3.05) is 89.9 Å². The summed E-state index contributed by atoms with van der Waals surface area (Å²) in [5.74, 6) is -16.3. The topological polar surface area (TPSA) is 519 Å². The Morgan fingerprint density at radius 2 is 1.09 bits per heavy atom. The summed E-state index contributed by atoms with van der Waals surface area (Å²) < 4.78 is 0. The van der Waals surface area contributed by atoms with Gasteiger partial charge in [0.1, 0.15) is 72.2 Å². The van der Waals surface area contributed by atoms with Crippen LogP contribution in [0.4, 0.5) is 5.69 Å². The van der Waals surface area contributed by atoms with E-state index >= 15 is 33.6 Å². The van der Waals surface area contributed by atoms with Crippen molar-refractivity contribution in [3.8, 4) is 5.75 Å². The highest BCUT2D eigenvalue weighted by Gasteiger charge is 2.47. The molecule has 6 heterocycles. The molecular weight excluding hydrogens is 1790 g/mol.